The number of benzene rings is 1. The number of carbonyl (C=O) groups excluding carboxylic acids is 1. The average molecular weight is 777 g/mol. The summed E-state index contributed by atoms with van der Waals surface area (Å²) in [6, 6.07) is 18.4. The van der Waals surface area contributed by atoms with Crippen molar-refractivity contribution in [1.82, 2.24) is 40.1 Å². The third kappa shape index (κ3) is 14.4. The van der Waals surface area contributed by atoms with Crippen LogP contribution in [0.4, 0.5) is 23.5 Å². The molecular formula is C42H56N12O3. The summed E-state index contributed by atoms with van der Waals surface area (Å²) in [5.41, 5.74) is 4.21. The SMILES string of the molecule is C.CCCNc1nc(NCCc2ccncc2)ncc1C(=O)NC1CCN(Cc2ccccc2)C1.CCCNc1nc(NCCc2ccncc2)ncc1C(=O)O. The van der Waals surface area contributed by atoms with Crippen molar-refractivity contribution in [1.29, 1.82) is 0 Å². The van der Waals surface area contributed by atoms with Crippen LogP contribution in [0.15, 0.2) is 91.8 Å². The summed E-state index contributed by atoms with van der Waals surface area (Å²) in [4.78, 5) is 51.9. The fraction of sp³-hybridized carbons (Fsp3) is 0.381. The molecule has 15 nitrogen and oxygen atoms in total. The molecule has 1 atom stereocenters. The Morgan fingerprint density at radius 3 is 1.75 bits per heavy atom. The van der Waals surface area contributed by atoms with Crippen LogP contribution in [0.2, 0.25) is 0 Å². The molecule has 1 unspecified atom stereocenters. The maximum atomic E-state index is 13.1. The first-order valence-electron chi connectivity index (χ1n) is 19.2. The number of hydrogen-bond acceptors (Lipinski definition) is 13. The molecule has 0 saturated carbocycles. The van der Waals surface area contributed by atoms with Gasteiger partial charge in [-0.25, -0.2) is 14.8 Å². The van der Waals surface area contributed by atoms with Gasteiger partial charge in [0.25, 0.3) is 5.91 Å². The van der Waals surface area contributed by atoms with Crippen LogP contribution in [0.1, 0.15) is 77.9 Å². The molecule has 0 aliphatic carbocycles. The van der Waals surface area contributed by atoms with Gasteiger partial charge in [0.1, 0.15) is 22.8 Å². The van der Waals surface area contributed by atoms with Gasteiger partial charge in [0.05, 0.1) is 0 Å². The number of aromatic carboxylic acids is 1. The average Bonchev–Trinajstić information content (AvgIpc) is 3.66. The summed E-state index contributed by atoms with van der Waals surface area (Å²) in [5, 5.41) is 25.0. The minimum absolute atomic E-state index is 0. The Hall–Kier alpha value is -6.22. The first kappa shape index (κ1) is 43.5. The van der Waals surface area contributed by atoms with Crippen LogP contribution < -0.4 is 26.6 Å². The lowest BCUT2D eigenvalue weighted by molar-refractivity contribution is 0.0696. The third-order valence-corrected chi connectivity index (χ3v) is 8.89. The number of carboxylic acid groups (broad SMARTS) is 1. The molecule has 4 aromatic heterocycles. The molecule has 1 fully saturated rings. The fourth-order valence-corrected chi connectivity index (χ4v) is 5.95. The van der Waals surface area contributed by atoms with Gasteiger partial charge in [0.2, 0.25) is 11.9 Å². The Morgan fingerprint density at radius 1 is 0.702 bits per heavy atom. The molecule has 302 valence electrons. The quantitative estimate of drug-likeness (QED) is 0.0569. The lowest BCUT2D eigenvalue weighted by Gasteiger charge is -2.18. The highest BCUT2D eigenvalue weighted by molar-refractivity contribution is 5.98. The van der Waals surface area contributed by atoms with E-state index in [-0.39, 0.29) is 24.9 Å². The lowest BCUT2D eigenvalue weighted by Crippen LogP contribution is -2.37. The summed E-state index contributed by atoms with van der Waals surface area (Å²) >= 11 is 0. The molecule has 5 aromatic rings. The van der Waals surface area contributed by atoms with Crippen molar-refractivity contribution < 1.29 is 14.7 Å². The van der Waals surface area contributed by atoms with E-state index in [0.717, 1.165) is 63.8 Å². The predicted octanol–water partition coefficient (Wildman–Crippen LogP) is 6.03. The molecular weight excluding hydrogens is 721 g/mol. The number of rotatable bonds is 19. The van der Waals surface area contributed by atoms with E-state index in [0.29, 0.717) is 48.7 Å². The number of carboxylic acids is 1. The van der Waals surface area contributed by atoms with Gasteiger partial charge >= 0.3 is 5.97 Å². The molecule has 1 aliphatic heterocycles. The number of likely N-dealkylation sites (tertiary alicyclic amines) is 1. The molecule has 15 heteroatoms. The van der Waals surface area contributed by atoms with E-state index in [1.165, 1.54) is 17.3 Å². The summed E-state index contributed by atoms with van der Waals surface area (Å²) in [5.74, 6) is 0.669. The molecule has 0 radical (unpaired) electrons. The Labute approximate surface area is 335 Å². The zero-order valence-electron chi connectivity index (χ0n) is 32.1. The van der Waals surface area contributed by atoms with Crippen molar-refractivity contribution in [2.75, 3.05) is 60.5 Å². The second-order valence-electron chi connectivity index (χ2n) is 13.3. The molecule has 6 N–H and O–H groups in total. The van der Waals surface area contributed by atoms with E-state index in [4.69, 9.17) is 5.11 Å². The van der Waals surface area contributed by atoms with Crippen LogP contribution in [-0.2, 0) is 19.4 Å². The van der Waals surface area contributed by atoms with Crippen molar-refractivity contribution in [3.63, 3.8) is 0 Å². The minimum Gasteiger partial charge on any atom is -0.477 e. The predicted molar refractivity (Wildman–Crippen MR) is 226 cm³/mol. The summed E-state index contributed by atoms with van der Waals surface area (Å²) in [6.45, 7) is 9.55. The summed E-state index contributed by atoms with van der Waals surface area (Å²) < 4.78 is 0. The molecule has 0 spiro atoms. The van der Waals surface area contributed by atoms with Gasteiger partial charge in [-0.15, -0.1) is 0 Å². The largest absolute Gasteiger partial charge is 0.477 e. The van der Waals surface area contributed by atoms with Crippen molar-refractivity contribution in [3.8, 4) is 0 Å². The van der Waals surface area contributed by atoms with E-state index in [9.17, 15) is 9.59 Å². The van der Waals surface area contributed by atoms with Crippen molar-refractivity contribution in [2.45, 2.75) is 66.0 Å². The number of nitrogens with zero attached hydrogens (tertiary/aromatic N) is 7. The summed E-state index contributed by atoms with van der Waals surface area (Å²) in [6.07, 6.45) is 14.4. The number of amides is 1. The fourth-order valence-electron chi connectivity index (χ4n) is 5.95. The van der Waals surface area contributed by atoms with E-state index in [1.807, 2.05) is 37.3 Å². The zero-order valence-corrected chi connectivity index (χ0v) is 32.1. The van der Waals surface area contributed by atoms with Crippen LogP contribution in [0.25, 0.3) is 0 Å². The second-order valence-corrected chi connectivity index (χ2v) is 13.3. The van der Waals surface area contributed by atoms with Crippen LogP contribution in [-0.4, -0.2) is 97.1 Å². The maximum Gasteiger partial charge on any atom is 0.341 e. The van der Waals surface area contributed by atoms with Crippen molar-refractivity contribution >= 4 is 35.4 Å². The number of pyridine rings is 2. The van der Waals surface area contributed by atoms with Gasteiger partial charge in [-0.05, 0) is 73.1 Å². The first-order chi connectivity index (χ1) is 27.4. The van der Waals surface area contributed by atoms with Gasteiger partial charge in [-0.1, -0.05) is 51.6 Å². The Morgan fingerprint density at radius 2 is 1.23 bits per heavy atom. The topological polar surface area (TPSA) is 195 Å². The van der Waals surface area contributed by atoms with Crippen LogP contribution >= 0.6 is 0 Å². The second kappa shape index (κ2) is 23.6. The van der Waals surface area contributed by atoms with Crippen molar-refractivity contribution in [3.05, 3.63) is 120 Å². The standard InChI is InChI=1S/C26H33N7O.C15H19N5O2.CH4/c1-2-12-28-24-23(17-30-26(32-24)29-15-10-20-8-13-27-14-9-20)25(34)31-22-11-16-33(19-22)18-21-6-4-3-5-7-21;1-2-6-17-13-12(14(21)22)10-19-15(20-13)18-9-5-11-3-7-16-8-4-11;/h3-9,13-14,17,22H,2,10-12,15-16,18-19H2,1H3,(H,31,34)(H2,28,29,30,32);3-4,7-8,10H,2,5-6,9H2,1H3,(H,21,22)(H2,17,18,19,20);1H4. The lowest BCUT2D eigenvalue weighted by atomic mass is 10.2. The number of nitrogens with one attached hydrogen (secondary N) is 5. The number of aromatic nitrogens is 6. The highest BCUT2D eigenvalue weighted by Crippen LogP contribution is 2.18. The Balaban J connectivity index is 0.000000272. The van der Waals surface area contributed by atoms with Crippen LogP contribution in [0.3, 0.4) is 0 Å². The maximum absolute atomic E-state index is 13.1. The minimum atomic E-state index is -1.04. The van der Waals surface area contributed by atoms with E-state index in [1.54, 1.807) is 31.0 Å². The van der Waals surface area contributed by atoms with Crippen LogP contribution in [0, 0.1) is 0 Å². The molecule has 1 amide bonds. The zero-order chi connectivity index (χ0) is 39.4. The van der Waals surface area contributed by atoms with Gasteiger partial charge in [0, 0.05) is 89.0 Å². The van der Waals surface area contributed by atoms with Crippen LogP contribution in [0.5, 0.6) is 0 Å². The summed E-state index contributed by atoms with van der Waals surface area (Å²) in [7, 11) is 0. The van der Waals surface area contributed by atoms with Gasteiger partial charge in [-0.2, -0.15) is 9.97 Å². The third-order valence-electron chi connectivity index (χ3n) is 8.89. The Kier molecular flexibility index (Phi) is 18.0. The number of carbonyl (C=O) groups is 2. The molecule has 1 aliphatic rings. The molecule has 1 aromatic carbocycles. The number of anilines is 4. The number of hydrogen-bond donors (Lipinski definition) is 6. The molecule has 5 heterocycles. The highest BCUT2D eigenvalue weighted by atomic mass is 16.4. The van der Waals surface area contributed by atoms with Gasteiger partial charge < -0.3 is 31.7 Å². The first-order valence-corrected chi connectivity index (χ1v) is 19.2. The van der Waals surface area contributed by atoms with Gasteiger partial charge in [-0.3, -0.25) is 19.7 Å². The van der Waals surface area contributed by atoms with Gasteiger partial charge in [0.15, 0.2) is 0 Å². The Bertz CT molecular complexity index is 1940. The molecule has 0 bridgehead atoms. The molecule has 1 saturated heterocycles. The normalized spacial score (nSPS) is 13.3. The van der Waals surface area contributed by atoms with Crippen molar-refractivity contribution in [2.24, 2.45) is 0 Å². The van der Waals surface area contributed by atoms with E-state index in [2.05, 4.69) is 92.6 Å². The highest BCUT2D eigenvalue weighted by Gasteiger charge is 2.25. The monoisotopic (exact) mass is 776 g/mol. The molecule has 6 rings (SSSR count). The van der Waals surface area contributed by atoms with E-state index >= 15 is 0 Å². The smallest absolute Gasteiger partial charge is 0.341 e. The molecule has 57 heavy (non-hydrogen) atoms. The van der Waals surface area contributed by atoms with E-state index < -0.39 is 5.97 Å².